The van der Waals surface area contributed by atoms with Crippen LogP contribution in [0.1, 0.15) is 27.9 Å². The molecule has 0 spiro atoms. The van der Waals surface area contributed by atoms with Crippen molar-refractivity contribution in [1.82, 2.24) is 10.2 Å². The van der Waals surface area contributed by atoms with Crippen molar-refractivity contribution < 1.29 is 14.3 Å². The molecule has 2 aromatic carbocycles. The van der Waals surface area contributed by atoms with E-state index in [0.717, 1.165) is 61.0 Å². The van der Waals surface area contributed by atoms with E-state index in [4.69, 9.17) is 4.74 Å². The summed E-state index contributed by atoms with van der Waals surface area (Å²) in [5, 5.41) is 3.02. The van der Waals surface area contributed by atoms with Gasteiger partial charge in [0.25, 0.3) is 5.91 Å². The molecule has 2 aliphatic rings. The third-order valence-corrected chi connectivity index (χ3v) is 6.84. The SMILES string of the molecule is Cc1ccccc1CN1C(=O)CSc2ccc(C(=O)NCCCN3CCOCC3)cc21. The topological polar surface area (TPSA) is 61.9 Å². The lowest BCUT2D eigenvalue weighted by atomic mass is 10.1. The Morgan fingerprint density at radius 3 is 2.77 bits per heavy atom. The average molecular weight is 440 g/mol. The molecule has 0 saturated carbocycles. The highest BCUT2D eigenvalue weighted by atomic mass is 32.2. The van der Waals surface area contributed by atoms with Crippen LogP contribution in [0.3, 0.4) is 0 Å². The molecule has 1 fully saturated rings. The largest absolute Gasteiger partial charge is 0.379 e. The van der Waals surface area contributed by atoms with Crippen LogP contribution in [0.25, 0.3) is 0 Å². The number of benzene rings is 2. The minimum Gasteiger partial charge on any atom is -0.379 e. The molecule has 31 heavy (non-hydrogen) atoms. The summed E-state index contributed by atoms with van der Waals surface area (Å²) in [7, 11) is 0. The van der Waals surface area contributed by atoms with Gasteiger partial charge in [0.15, 0.2) is 0 Å². The highest BCUT2D eigenvalue weighted by Crippen LogP contribution is 2.37. The fraction of sp³-hybridized carbons (Fsp3) is 0.417. The third kappa shape index (κ3) is 5.47. The number of nitrogens with zero attached hydrogens (tertiary/aromatic N) is 2. The van der Waals surface area contributed by atoms with E-state index in [0.29, 0.717) is 24.4 Å². The number of morpholine rings is 1. The number of aryl methyl sites for hydroxylation is 1. The Bertz CT molecular complexity index is 943. The summed E-state index contributed by atoms with van der Waals surface area (Å²) in [6.45, 7) is 7.66. The smallest absolute Gasteiger partial charge is 0.251 e. The lowest BCUT2D eigenvalue weighted by molar-refractivity contribution is -0.116. The second-order valence-corrected chi connectivity index (χ2v) is 8.96. The molecule has 2 aromatic rings. The van der Waals surface area contributed by atoms with Crippen LogP contribution >= 0.6 is 11.8 Å². The van der Waals surface area contributed by atoms with Crippen LogP contribution < -0.4 is 10.2 Å². The van der Waals surface area contributed by atoms with Gasteiger partial charge >= 0.3 is 0 Å². The van der Waals surface area contributed by atoms with Crippen molar-refractivity contribution >= 4 is 29.3 Å². The summed E-state index contributed by atoms with van der Waals surface area (Å²) in [4.78, 5) is 30.6. The van der Waals surface area contributed by atoms with E-state index >= 15 is 0 Å². The molecule has 0 aliphatic carbocycles. The Hall–Kier alpha value is -2.35. The summed E-state index contributed by atoms with van der Waals surface area (Å²) in [5.41, 5.74) is 3.69. The summed E-state index contributed by atoms with van der Waals surface area (Å²) >= 11 is 1.53. The monoisotopic (exact) mass is 439 g/mol. The van der Waals surface area contributed by atoms with Crippen molar-refractivity contribution in [3.63, 3.8) is 0 Å². The molecule has 164 valence electrons. The van der Waals surface area contributed by atoms with Crippen LogP contribution in [0.5, 0.6) is 0 Å². The molecular formula is C24H29N3O3S. The molecule has 2 amide bonds. The first-order chi connectivity index (χ1) is 15.1. The van der Waals surface area contributed by atoms with Crippen molar-refractivity contribution in [1.29, 1.82) is 0 Å². The molecule has 7 heteroatoms. The quantitative estimate of drug-likeness (QED) is 0.672. The van der Waals surface area contributed by atoms with Gasteiger partial charge in [-0.1, -0.05) is 24.3 Å². The Morgan fingerprint density at radius 1 is 1.16 bits per heavy atom. The first-order valence-electron chi connectivity index (χ1n) is 10.8. The standard InChI is InChI=1S/C24H29N3O3S/c1-18-5-2-3-6-20(18)16-27-21-15-19(7-8-22(21)31-17-23(27)28)24(29)25-9-4-10-26-11-13-30-14-12-26/h2-3,5-8,15H,4,9-14,16-17H2,1H3,(H,25,29). The fourth-order valence-electron chi connectivity index (χ4n) is 3.91. The average Bonchev–Trinajstić information content (AvgIpc) is 2.80. The van der Waals surface area contributed by atoms with E-state index in [9.17, 15) is 9.59 Å². The number of hydrogen-bond donors (Lipinski definition) is 1. The van der Waals surface area contributed by atoms with Crippen LogP contribution in [-0.4, -0.2) is 61.9 Å². The highest BCUT2D eigenvalue weighted by Gasteiger charge is 2.26. The second-order valence-electron chi connectivity index (χ2n) is 7.94. The molecule has 0 radical (unpaired) electrons. The molecular weight excluding hydrogens is 410 g/mol. The van der Waals surface area contributed by atoms with Gasteiger partial charge in [-0.2, -0.15) is 0 Å². The number of fused-ring (bicyclic) bond motifs is 1. The minimum absolute atomic E-state index is 0.0730. The van der Waals surface area contributed by atoms with Gasteiger partial charge in [-0.25, -0.2) is 0 Å². The summed E-state index contributed by atoms with van der Waals surface area (Å²) in [6.07, 6.45) is 0.907. The minimum atomic E-state index is -0.0939. The number of amides is 2. The van der Waals surface area contributed by atoms with Crippen molar-refractivity contribution in [2.45, 2.75) is 24.8 Å². The molecule has 1 saturated heterocycles. The number of ether oxygens (including phenoxy) is 1. The molecule has 6 nitrogen and oxygen atoms in total. The first kappa shape index (κ1) is 21.9. The molecule has 2 aliphatic heterocycles. The molecule has 0 aromatic heterocycles. The van der Waals surface area contributed by atoms with Crippen LogP contribution in [0.4, 0.5) is 5.69 Å². The van der Waals surface area contributed by atoms with Crippen molar-refractivity contribution in [3.8, 4) is 0 Å². The summed E-state index contributed by atoms with van der Waals surface area (Å²) in [6, 6.07) is 13.8. The lowest BCUT2D eigenvalue weighted by Crippen LogP contribution is -2.38. The number of rotatable bonds is 7. The van der Waals surface area contributed by atoms with Crippen LogP contribution in [0.2, 0.25) is 0 Å². The van der Waals surface area contributed by atoms with Gasteiger partial charge in [-0.15, -0.1) is 11.8 Å². The Morgan fingerprint density at radius 2 is 1.97 bits per heavy atom. The van der Waals surface area contributed by atoms with Gasteiger partial charge in [0, 0.05) is 30.1 Å². The van der Waals surface area contributed by atoms with Crippen LogP contribution in [0, 0.1) is 6.92 Å². The Balaban J connectivity index is 1.41. The second kappa shape index (κ2) is 10.3. The van der Waals surface area contributed by atoms with Crippen LogP contribution in [-0.2, 0) is 16.1 Å². The van der Waals surface area contributed by atoms with Gasteiger partial charge in [-0.05, 0) is 49.2 Å². The van der Waals surface area contributed by atoms with E-state index in [1.165, 1.54) is 11.8 Å². The zero-order chi connectivity index (χ0) is 21.6. The molecule has 4 rings (SSSR count). The van der Waals surface area contributed by atoms with Crippen LogP contribution in [0.15, 0.2) is 47.4 Å². The fourth-order valence-corrected chi connectivity index (χ4v) is 4.82. The lowest BCUT2D eigenvalue weighted by Gasteiger charge is -2.30. The Labute approximate surface area is 187 Å². The van der Waals surface area contributed by atoms with Crippen molar-refractivity contribution in [2.24, 2.45) is 0 Å². The third-order valence-electron chi connectivity index (χ3n) is 5.79. The number of carbonyl (C=O) groups excluding carboxylic acids is 2. The van der Waals surface area contributed by atoms with Gasteiger partial charge < -0.3 is 15.0 Å². The molecule has 1 N–H and O–H groups in total. The number of nitrogens with one attached hydrogen (secondary N) is 1. The highest BCUT2D eigenvalue weighted by molar-refractivity contribution is 8.00. The maximum absolute atomic E-state index is 12.7. The summed E-state index contributed by atoms with van der Waals surface area (Å²) < 4.78 is 5.37. The van der Waals surface area contributed by atoms with Crippen molar-refractivity contribution in [2.75, 3.05) is 50.0 Å². The predicted octanol–water partition coefficient (Wildman–Crippen LogP) is 3.09. The normalized spacial score (nSPS) is 16.8. The number of hydrogen-bond acceptors (Lipinski definition) is 5. The number of anilines is 1. The molecule has 0 unspecified atom stereocenters. The van der Waals surface area contributed by atoms with E-state index in [1.807, 2.05) is 35.2 Å². The predicted molar refractivity (Wildman–Crippen MR) is 124 cm³/mol. The van der Waals surface area contributed by atoms with Gasteiger partial charge in [0.1, 0.15) is 0 Å². The molecule has 0 atom stereocenters. The zero-order valence-corrected chi connectivity index (χ0v) is 18.7. The maximum Gasteiger partial charge on any atom is 0.251 e. The summed E-state index contributed by atoms with van der Waals surface area (Å²) in [5.74, 6) is 0.402. The van der Waals surface area contributed by atoms with E-state index in [2.05, 4.69) is 29.3 Å². The Kier molecular flexibility index (Phi) is 7.27. The maximum atomic E-state index is 12.7. The van der Waals surface area contributed by atoms with Gasteiger partial charge in [0.2, 0.25) is 5.91 Å². The van der Waals surface area contributed by atoms with Crippen molar-refractivity contribution in [3.05, 3.63) is 59.2 Å². The molecule has 2 heterocycles. The van der Waals surface area contributed by atoms with E-state index < -0.39 is 0 Å². The number of carbonyl (C=O) groups is 2. The number of thioether (sulfide) groups is 1. The van der Waals surface area contributed by atoms with Gasteiger partial charge in [0.05, 0.1) is 31.2 Å². The first-order valence-corrected chi connectivity index (χ1v) is 11.8. The zero-order valence-electron chi connectivity index (χ0n) is 17.9. The van der Waals surface area contributed by atoms with E-state index in [-0.39, 0.29) is 11.8 Å². The van der Waals surface area contributed by atoms with E-state index in [1.54, 1.807) is 0 Å². The molecule has 0 bridgehead atoms. The van der Waals surface area contributed by atoms with Gasteiger partial charge in [-0.3, -0.25) is 14.5 Å².